The van der Waals surface area contributed by atoms with E-state index in [9.17, 15) is 9.59 Å². The predicted molar refractivity (Wildman–Crippen MR) is 93.1 cm³/mol. The largest absolute Gasteiger partial charge is 0.350 e. The molecular weight excluding hydrogens is 306 g/mol. The second-order valence-electron chi connectivity index (χ2n) is 6.54. The predicted octanol–water partition coefficient (Wildman–Crippen LogP) is 2.30. The van der Waals surface area contributed by atoms with Crippen LogP contribution in [0.4, 0.5) is 10.6 Å². The summed E-state index contributed by atoms with van der Waals surface area (Å²) in [6, 6.07) is 10.1. The molecule has 1 aromatic heterocycles. The molecule has 0 aliphatic carbocycles. The Morgan fingerprint density at radius 2 is 1.79 bits per heavy atom. The van der Waals surface area contributed by atoms with E-state index in [0.29, 0.717) is 5.82 Å². The summed E-state index contributed by atoms with van der Waals surface area (Å²) in [4.78, 5) is 23.9. The second-order valence-corrected chi connectivity index (χ2v) is 6.54. The third kappa shape index (κ3) is 5.12. The van der Waals surface area contributed by atoms with Crippen LogP contribution in [-0.2, 0) is 4.79 Å². The van der Waals surface area contributed by atoms with E-state index in [2.05, 4.69) is 21.0 Å². The molecule has 2 aromatic rings. The van der Waals surface area contributed by atoms with Crippen molar-refractivity contribution in [3.63, 3.8) is 0 Å². The fourth-order valence-electron chi connectivity index (χ4n) is 2.01. The maximum Gasteiger partial charge on any atom is 0.321 e. The fourth-order valence-corrected chi connectivity index (χ4v) is 2.01. The molecule has 7 heteroatoms. The van der Waals surface area contributed by atoms with Crippen molar-refractivity contribution in [3.05, 3.63) is 42.6 Å². The monoisotopic (exact) mass is 329 g/mol. The van der Waals surface area contributed by atoms with Crippen molar-refractivity contribution in [1.29, 1.82) is 0 Å². The summed E-state index contributed by atoms with van der Waals surface area (Å²) in [5.74, 6) is 0.159. The van der Waals surface area contributed by atoms with E-state index in [1.54, 1.807) is 23.9 Å². The highest BCUT2D eigenvalue weighted by atomic mass is 16.2. The second kappa shape index (κ2) is 7.16. The van der Waals surface area contributed by atoms with Gasteiger partial charge in [0.25, 0.3) is 0 Å². The molecule has 0 fully saturated rings. The average Bonchev–Trinajstić information content (AvgIpc) is 2.94. The summed E-state index contributed by atoms with van der Waals surface area (Å²) >= 11 is 0. The lowest BCUT2D eigenvalue weighted by atomic mass is 10.1. The first kappa shape index (κ1) is 17.5. The number of benzene rings is 1. The molecule has 0 aliphatic rings. The number of rotatable bonds is 4. The van der Waals surface area contributed by atoms with E-state index >= 15 is 0 Å². The molecule has 1 heterocycles. The highest BCUT2D eigenvalue weighted by Crippen LogP contribution is 2.09. The van der Waals surface area contributed by atoms with Crippen LogP contribution in [0.2, 0.25) is 0 Å². The van der Waals surface area contributed by atoms with E-state index in [4.69, 9.17) is 0 Å². The Hall–Kier alpha value is -2.83. The lowest BCUT2D eigenvalue weighted by Gasteiger charge is -2.23. The van der Waals surface area contributed by atoms with Gasteiger partial charge >= 0.3 is 6.03 Å². The lowest BCUT2D eigenvalue weighted by Crippen LogP contribution is -2.51. The zero-order valence-corrected chi connectivity index (χ0v) is 14.3. The molecular formula is C17H23N5O2. The summed E-state index contributed by atoms with van der Waals surface area (Å²) in [7, 11) is 0. The van der Waals surface area contributed by atoms with Crippen molar-refractivity contribution >= 4 is 17.8 Å². The van der Waals surface area contributed by atoms with Crippen LogP contribution in [0.25, 0.3) is 5.69 Å². The van der Waals surface area contributed by atoms with Gasteiger partial charge in [0, 0.05) is 17.8 Å². The van der Waals surface area contributed by atoms with Crippen LogP contribution in [0.1, 0.15) is 27.7 Å². The van der Waals surface area contributed by atoms with Gasteiger partial charge in [0.15, 0.2) is 5.82 Å². The molecule has 1 unspecified atom stereocenters. The Morgan fingerprint density at radius 3 is 2.42 bits per heavy atom. The number of para-hydroxylation sites is 1. The minimum absolute atomic E-state index is 0.243. The molecule has 0 aliphatic heterocycles. The highest BCUT2D eigenvalue weighted by molar-refractivity contribution is 5.93. The first-order valence-corrected chi connectivity index (χ1v) is 7.75. The van der Waals surface area contributed by atoms with Crippen molar-refractivity contribution < 1.29 is 9.59 Å². The van der Waals surface area contributed by atoms with Gasteiger partial charge in [0.1, 0.15) is 6.04 Å². The quantitative estimate of drug-likeness (QED) is 0.804. The molecule has 0 bridgehead atoms. The zero-order chi connectivity index (χ0) is 17.7. The molecule has 3 amide bonds. The Bertz CT molecular complexity index is 703. The number of nitrogens with zero attached hydrogens (tertiary/aromatic N) is 2. The Morgan fingerprint density at radius 1 is 1.12 bits per heavy atom. The number of aromatic nitrogens is 2. The van der Waals surface area contributed by atoms with Crippen LogP contribution < -0.4 is 16.0 Å². The number of hydrogen-bond donors (Lipinski definition) is 3. The first-order valence-electron chi connectivity index (χ1n) is 7.75. The van der Waals surface area contributed by atoms with Gasteiger partial charge in [-0.05, 0) is 39.8 Å². The van der Waals surface area contributed by atoms with Gasteiger partial charge in [-0.1, -0.05) is 18.2 Å². The number of carbonyl (C=O) groups excluding carboxylic acids is 2. The van der Waals surface area contributed by atoms with Crippen molar-refractivity contribution in [2.24, 2.45) is 0 Å². The van der Waals surface area contributed by atoms with E-state index < -0.39 is 12.1 Å². The van der Waals surface area contributed by atoms with Gasteiger partial charge in [-0.2, -0.15) is 0 Å². The number of carbonyl (C=O) groups is 2. The van der Waals surface area contributed by atoms with Crippen molar-refractivity contribution in [2.75, 3.05) is 5.32 Å². The zero-order valence-electron chi connectivity index (χ0n) is 14.3. The highest BCUT2D eigenvalue weighted by Gasteiger charge is 2.20. The number of anilines is 1. The van der Waals surface area contributed by atoms with Crippen molar-refractivity contribution in [2.45, 2.75) is 39.3 Å². The molecule has 0 saturated carbocycles. The Kier molecular flexibility index (Phi) is 5.23. The van der Waals surface area contributed by atoms with Gasteiger partial charge in [-0.3, -0.25) is 10.1 Å². The standard InChI is InChI=1S/C17H23N5O2/c1-12(15(23)20-17(2,3)4)18-16(24)19-14-10-11-22(21-14)13-8-6-5-7-9-13/h5-12H,1-4H3,(H,20,23)(H2,18,19,21,24). The van der Waals surface area contributed by atoms with Crippen LogP contribution in [0.3, 0.4) is 0 Å². The first-order chi connectivity index (χ1) is 11.2. The van der Waals surface area contributed by atoms with Gasteiger partial charge in [-0.25, -0.2) is 9.48 Å². The maximum atomic E-state index is 12.0. The van der Waals surface area contributed by atoms with E-state index in [-0.39, 0.29) is 11.4 Å². The summed E-state index contributed by atoms with van der Waals surface area (Å²) in [5, 5.41) is 12.3. The number of amides is 3. The van der Waals surface area contributed by atoms with E-state index in [0.717, 1.165) is 5.69 Å². The molecule has 0 spiro atoms. The molecule has 0 radical (unpaired) electrons. The van der Waals surface area contributed by atoms with Gasteiger partial charge in [0.2, 0.25) is 5.91 Å². The molecule has 3 N–H and O–H groups in total. The molecule has 0 saturated heterocycles. The fraction of sp³-hybridized carbons (Fsp3) is 0.353. The molecule has 24 heavy (non-hydrogen) atoms. The summed E-state index contributed by atoms with van der Waals surface area (Å²) in [5.41, 5.74) is 0.543. The average molecular weight is 329 g/mol. The normalized spacial score (nSPS) is 12.3. The van der Waals surface area contributed by atoms with Gasteiger partial charge < -0.3 is 10.6 Å². The smallest absolute Gasteiger partial charge is 0.321 e. The molecule has 2 rings (SSSR count). The Balaban J connectivity index is 1.91. The third-order valence-electron chi connectivity index (χ3n) is 3.09. The minimum Gasteiger partial charge on any atom is -0.350 e. The SMILES string of the molecule is CC(NC(=O)Nc1ccn(-c2ccccc2)n1)C(=O)NC(C)(C)C. The molecule has 1 aromatic carbocycles. The van der Waals surface area contributed by atoms with Crippen LogP contribution in [0, 0.1) is 0 Å². The summed E-state index contributed by atoms with van der Waals surface area (Å²) < 4.78 is 1.66. The number of nitrogens with one attached hydrogen (secondary N) is 3. The van der Waals surface area contributed by atoms with E-state index in [1.807, 2.05) is 51.1 Å². The van der Waals surface area contributed by atoms with Crippen LogP contribution in [0.15, 0.2) is 42.6 Å². The van der Waals surface area contributed by atoms with Crippen LogP contribution >= 0.6 is 0 Å². The molecule has 128 valence electrons. The molecule has 7 nitrogen and oxygen atoms in total. The summed E-state index contributed by atoms with van der Waals surface area (Å²) in [6.45, 7) is 7.28. The number of urea groups is 1. The topological polar surface area (TPSA) is 88.1 Å². The minimum atomic E-state index is -0.652. The molecule has 1 atom stereocenters. The maximum absolute atomic E-state index is 12.0. The lowest BCUT2D eigenvalue weighted by molar-refractivity contribution is -0.123. The van der Waals surface area contributed by atoms with Crippen LogP contribution in [-0.4, -0.2) is 33.3 Å². The van der Waals surface area contributed by atoms with Crippen molar-refractivity contribution in [1.82, 2.24) is 20.4 Å². The van der Waals surface area contributed by atoms with Gasteiger partial charge in [-0.15, -0.1) is 5.10 Å². The Labute approximate surface area is 141 Å². The van der Waals surface area contributed by atoms with E-state index in [1.165, 1.54) is 0 Å². The third-order valence-corrected chi connectivity index (χ3v) is 3.09. The summed E-state index contributed by atoms with van der Waals surface area (Å²) in [6.07, 6.45) is 1.75. The number of hydrogen-bond acceptors (Lipinski definition) is 3. The van der Waals surface area contributed by atoms with Crippen molar-refractivity contribution in [3.8, 4) is 5.69 Å². The van der Waals surface area contributed by atoms with Gasteiger partial charge in [0.05, 0.1) is 5.69 Å². The van der Waals surface area contributed by atoms with Crippen LogP contribution in [0.5, 0.6) is 0 Å².